The second-order valence-electron chi connectivity index (χ2n) is 8.60. The summed E-state index contributed by atoms with van der Waals surface area (Å²) in [6.45, 7) is 7.04. The van der Waals surface area contributed by atoms with Gasteiger partial charge in [-0.1, -0.05) is 24.3 Å². The van der Waals surface area contributed by atoms with Gasteiger partial charge in [0.15, 0.2) is 0 Å². The Hall–Kier alpha value is -1.59. The molecule has 0 aliphatic carbocycles. The molecule has 0 bridgehead atoms. The van der Waals surface area contributed by atoms with Crippen molar-refractivity contribution in [2.24, 2.45) is 5.92 Å². The SMILES string of the molecule is CN1CCCC2CN(C(=O)NCc3ccccc3CN3CCCC3)CCC21. The Kier molecular flexibility index (Phi) is 5.98. The summed E-state index contributed by atoms with van der Waals surface area (Å²) in [5, 5.41) is 3.20. The van der Waals surface area contributed by atoms with E-state index in [0.717, 1.165) is 26.1 Å². The number of benzene rings is 1. The van der Waals surface area contributed by atoms with Gasteiger partial charge in [-0.2, -0.15) is 0 Å². The van der Waals surface area contributed by atoms with Crippen LogP contribution in [0.5, 0.6) is 0 Å². The topological polar surface area (TPSA) is 38.8 Å². The minimum atomic E-state index is 0.109. The fraction of sp³-hybridized carbons (Fsp3) is 0.682. The first-order valence-corrected chi connectivity index (χ1v) is 10.7. The molecule has 0 aromatic heterocycles. The molecule has 1 aromatic rings. The van der Waals surface area contributed by atoms with Crippen molar-refractivity contribution in [1.29, 1.82) is 0 Å². The maximum atomic E-state index is 12.8. The normalized spacial score (nSPS) is 26.8. The van der Waals surface area contributed by atoms with Gasteiger partial charge in [-0.15, -0.1) is 0 Å². The van der Waals surface area contributed by atoms with E-state index in [9.17, 15) is 4.79 Å². The Morgan fingerprint density at radius 2 is 1.81 bits per heavy atom. The van der Waals surface area contributed by atoms with E-state index in [2.05, 4.69) is 46.4 Å². The zero-order valence-corrected chi connectivity index (χ0v) is 16.7. The number of hydrogen-bond acceptors (Lipinski definition) is 3. The molecule has 2 amide bonds. The van der Waals surface area contributed by atoms with Gasteiger partial charge in [0, 0.05) is 32.2 Å². The lowest BCUT2D eigenvalue weighted by Crippen LogP contribution is -2.55. The first-order valence-electron chi connectivity index (χ1n) is 10.7. The van der Waals surface area contributed by atoms with Crippen molar-refractivity contribution in [3.8, 4) is 0 Å². The average Bonchev–Trinajstić information content (AvgIpc) is 3.20. The monoisotopic (exact) mass is 370 g/mol. The van der Waals surface area contributed by atoms with E-state index < -0.39 is 0 Å². The van der Waals surface area contributed by atoms with Crippen LogP contribution in [0.3, 0.4) is 0 Å². The van der Waals surface area contributed by atoms with Gasteiger partial charge < -0.3 is 15.1 Å². The number of likely N-dealkylation sites (tertiary alicyclic amines) is 3. The van der Waals surface area contributed by atoms with Crippen LogP contribution in [0.25, 0.3) is 0 Å². The number of urea groups is 1. The lowest BCUT2D eigenvalue weighted by atomic mass is 9.84. The molecule has 5 nitrogen and oxygen atoms in total. The second-order valence-corrected chi connectivity index (χ2v) is 8.60. The number of rotatable bonds is 4. The van der Waals surface area contributed by atoms with Crippen LogP contribution in [0.15, 0.2) is 24.3 Å². The maximum absolute atomic E-state index is 12.8. The van der Waals surface area contributed by atoms with Crippen LogP contribution < -0.4 is 5.32 Å². The molecule has 1 aromatic carbocycles. The summed E-state index contributed by atoms with van der Waals surface area (Å²) in [5.41, 5.74) is 2.61. The predicted octanol–water partition coefficient (Wildman–Crippen LogP) is 2.91. The minimum Gasteiger partial charge on any atom is -0.334 e. The summed E-state index contributed by atoms with van der Waals surface area (Å²) in [6.07, 6.45) is 6.25. The number of nitrogens with zero attached hydrogens (tertiary/aromatic N) is 3. The van der Waals surface area contributed by atoms with Gasteiger partial charge in [-0.3, -0.25) is 4.90 Å². The summed E-state index contributed by atoms with van der Waals surface area (Å²) in [6, 6.07) is 9.35. The molecule has 3 aliphatic rings. The molecule has 1 N–H and O–H groups in total. The molecule has 27 heavy (non-hydrogen) atoms. The van der Waals surface area contributed by atoms with Crippen molar-refractivity contribution < 1.29 is 4.79 Å². The van der Waals surface area contributed by atoms with Gasteiger partial charge >= 0.3 is 6.03 Å². The molecule has 3 heterocycles. The first kappa shape index (κ1) is 18.8. The minimum absolute atomic E-state index is 0.109. The van der Waals surface area contributed by atoms with E-state index in [1.807, 2.05) is 4.90 Å². The molecule has 2 atom stereocenters. The summed E-state index contributed by atoms with van der Waals surface area (Å²) in [4.78, 5) is 19.8. The highest BCUT2D eigenvalue weighted by molar-refractivity contribution is 5.74. The lowest BCUT2D eigenvalue weighted by molar-refractivity contribution is 0.0515. The number of amides is 2. The third-order valence-corrected chi connectivity index (χ3v) is 6.77. The molecule has 4 rings (SSSR count). The summed E-state index contributed by atoms with van der Waals surface area (Å²) in [5.74, 6) is 0.644. The number of hydrogen-bond donors (Lipinski definition) is 1. The summed E-state index contributed by atoms with van der Waals surface area (Å²) >= 11 is 0. The number of piperidine rings is 2. The fourth-order valence-electron chi connectivity index (χ4n) is 5.19. The van der Waals surface area contributed by atoms with Gasteiger partial charge in [-0.25, -0.2) is 4.79 Å². The van der Waals surface area contributed by atoms with Gasteiger partial charge in [0.05, 0.1) is 0 Å². The molecular weight excluding hydrogens is 336 g/mol. The third kappa shape index (κ3) is 4.46. The largest absolute Gasteiger partial charge is 0.334 e. The predicted molar refractivity (Wildman–Crippen MR) is 109 cm³/mol. The zero-order valence-electron chi connectivity index (χ0n) is 16.7. The quantitative estimate of drug-likeness (QED) is 0.886. The van der Waals surface area contributed by atoms with Crippen LogP contribution in [-0.2, 0) is 13.1 Å². The molecule has 148 valence electrons. The molecule has 5 heteroatoms. The van der Waals surface area contributed by atoms with E-state index in [1.54, 1.807) is 0 Å². The molecule has 0 radical (unpaired) electrons. The van der Waals surface area contributed by atoms with E-state index in [4.69, 9.17) is 0 Å². The van der Waals surface area contributed by atoms with E-state index in [1.165, 1.54) is 56.4 Å². The zero-order chi connectivity index (χ0) is 18.6. The van der Waals surface area contributed by atoms with Crippen LogP contribution >= 0.6 is 0 Å². The molecule has 3 fully saturated rings. The van der Waals surface area contributed by atoms with Crippen LogP contribution in [0.1, 0.15) is 43.2 Å². The fourth-order valence-corrected chi connectivity index (χ4v) is 5.19. The molecule has 0 saturated carbocycles. The number of nitrogens with one attached hydrogen (secondary N) is 1. The van der Waals surface area contributed by atoms with Gasteiger partial charge in [0.25, 0.3) is 0 Å². The van der Waals surface area contributed by atoms with Crippen molar-refractivity contribution in [3.63, 3.8) is 0 Å². The van der Waals surface area contributed by atoms with Crippen LogP contribution in [0, 0.1) is 5.92 Å². The Bertz CT molecular complexity index is 643. The Balaban J connectivity index is 1.32. The highest BCUT2D eigenvalue weighted by Crippen LogP contribution is 2.29. The van der Waals surface area contributed by atoms with Gasteiger partial charge in [-0.05, 0) is 75.8 Å². The lowest BCUT2D eigenvalue weighted by Gasteiger charge is -2.45. The number of fused-ring (bicyclic) bond motifs is 1. The second kappa shape index (κ2) is 8.61. The van der Waals surface area contributed by atoms with Crippen molar-refractivity contribution in [1.82, 2.24) is 20.0 Å². The molecule has 3 saturated heterocycles. The molecule has 3 aliphatic heterocycles. The first-order chi connectivity index (χ1) is 13.2. The Morgan fingerprint density at radius 1 is 1.04 bits per heavy atom. The van der Waals surface area contributed by atoms with Crippen molar-refractivity contribution >= 4 is 6.03 Å². The molecule has 2 unspecified atom stereocenters. The van der Waals surface area contributed by atoms with E-state index in [-0.39, 0.29) is 6.03 Å². The Morgan fingerprint density at radius 3 is 2.63 bits per heavy atom. The third-order valence-electron chi connectivity index (χ3n) is 6.77. The Labute approximate surface area is 163 Å². The molecular formula is C22H34N4O. The van der Waals surface area contributed by atoms with Gasteiger partial charge in [0.1, 0.15) is 0 Å². The van der Waals surface area contributed by atoms with Gasteiger partial charge in [0.2, 0.25) is 0 Å². The maximum Gasteiger partial charge on any atom is 0.317 e. The number of carbonyl (C=O) groups is 1. The van der Waals surface area contributed by atoms with E-state index >= 15 is 0 Å². The van der Waals surface area contributed by atoms with Crippen molar-refractivity contribution in [3.05, 3.63) is 35.4 Å². The van der Waals surface area contributed by atoms with Crippen LogP contribution in [0.2, 0.25) is 0 Å². The summed E-state index contributed by atoms with van der Waals surface area (Å²) in [7, 11) is 2.24. The standard InChI is InChI=1S/C22H34N4O/c1-24-11-6-9-20-17-26(14-10-21(20)24)22(27)23-15-18-7-2-3-8-19(18)16-25-12-4-5-13-25/h2-3,7-8,20-21H,4-6,9-17H2,1H3,(H,23,27). The highest BCUT2D eigenvalue weighted by Gasteiger charge is 2.35. The van der Waals surface area contributed by atoms with E-state index in [0.29, 0.717) is 18.5 Å². The summed E-state index contributed by atoms with van der Waals surface area (Å²) < 4.78 is 0. The molecule has 0 spiro atoms. The van der Waals surface area contributed by atoms with Crippen LogP contribution in [-0.4, -0.2) is 66.5 Å². The smallest absolute Gasteiger partial charge is 0.317 e. The highest BCUT2D eigenvalue weighted by atomic mass is 16.2. The van der Waals surface area contributed by atoms with Crippen LogP contribution in [0.4, 0.5) is 4.79 Å². The average molecular weight is 371 g/mol. The van der Waals surface area contributed by atoms with Crippen molar-refractivity contribution in [2.75, 3.05) is 39.8 Å². The number of carbonyl (C=O) groups excluding carboxylic acids is 1. The van der Waals surface area contributed by atoms with Crippen molar-refractivity contribution in [2.45, 2.75) is 51.2 Å².